The Morgan fingerprint density at radius 2 is 1.59 bits per heavy atom. The van der Waals surface area contributed by atoms with Crippen molar-refractivity contribution in [2.45, 2.75) is 13.1 Å². The van der Waals surface area contributed by atoms with Gasteiger partial charge in [-0.3, -0.25) is 9.69 Å². The molecule has 6 nitrogen and oxygen atoms in total. The largest absolute Gasteiger partial charge is 0.493 e. The summed E-state index contributed by atoms with van der Waals surface area (Å²) < 4.78 is 28.9. The van der Waals surface area contributed by atoms with Crippen LogP contribution in [0.15, 0.2) is 36.4 Å². The number of likely N-dealkylation sites (N-methyl/N-ethyl adjacent to an activating group) is 1. The maximum atomic E-state index is 12.9. The van der Waals surface area contributed by atoms with Gasteiger partial charge in [0.05, 0.1) is 27.9 Å². The molecule has 2 aromatic carbocycles. The van der Waals surface area contributed by atoms with Gasteiger partial charge in [0.2, 0.25) is 11.7 Å². The number of nitrogens with one attached hydrogen (secondary N) is 1. The number of nitrogens with zero attached hydrogens (tertiary/aromatic N) is 1. The molecule has 7 heteroatoms. The zero-order chi connectivity index (χ0) is 19.8. The van der Waals surface area contributed by atoms with Crippen molar-refractivity contribution in [3.8, 4) is 17.2 Å². The monoisotopic (exact) mass is 376 g/mol. The maximum absolute atomic E-state index is 12.9. The summed E-state index contributed by atoms with van der Waals surface area (Å²) in [5.74, 6) is 1.19. The van der Waals surface area contributed by atoms with Gasteiger partial charge in [-0.05, 0) is 42.4 Å². The summed E-state index contributed by atoms with van der Waals surface area (Å²) >= 11 is 0. The summed E-state index contributed by atoms with van der Waals surface area (Å²) in [5.41, 5.74) is 1.77. The van der Waals surface area contributed by atoms with E-state index in [4.69, 9.17) is 14.2 Å². The Labute approximate surface area is 158 Å². The minimum absolute atomic E-state index is 0.117. The van der Waals surface area contributed by atoms with Crippen LogP contribution in [-0.4, -0.2) is 45.7 Å². The Morgan fingerprint density at radius 3 is 2.11 bits per heavy atom. The topological polar surface area (TPSA) is 60.0 Å². The van der Waals surface area contributed by atoms with E-state index in [-0.39, 0.29) is 18.3 Å². The number of halogens is 1. The first kappa shape index (κ1) is 20.5. The molecule has 146 valence electrons. The van der Waals surface area contributed by atoms with Crippen molar-refractivity contribution in [2.75, 3.05) is 34.9 Å². The zero-order valence-electron chi connectivity index (χ0n) is 16.0. The second-order valence-electron chi connectivity index (χ2n) is 6.11. The molecule has 0 spiro atoms. The number of hydrogen-bond donors (Lipinski definition) is 1. The second-order valence-corrected chi connectivity index (χ2v) is 6.11. The molecule has 0 atom stereocenters. The molecule has 0 radical (unpaired) electrons. The quantitative estimate of drug-likeness (QED) is 0.729. The number of carbonyl (C=O) groups excluding carboxylic acids is 1. The summed E-state index contributed by atoms with van der Waals surface area (Å²) in [6.07, 6.45) is 0. The molecule has 0 heterocycles. The van der Waals surface area contributed by atoms with Crippen molar-refractivity contribution < 1.29 is 23.4 Å². The predicted octanol–water partition coefficient (Wildman–Crippen LogP) is 2.60. The summed E-state index contributed by atoms with van der Waals surface area (Å²) in [6, 6.07) is 9.83. The number of carbonyl (C=O) groups is 1. The van der Waals surface area contributed by atoms with E-state index in [0.717, 1.165) is 11.1 Å². The molecule has 0 fully saturated rings. The first-order valence-electron chi connectivity index (χ1n) is 8.45. The molecule has 0 saturated heterocycles. The van der Waals surface area contributed by atoms with Crippen LogP contribution < -0.4 is 19.5 Å². The molecule has 0 unspecified atom stereocenters. The van der Waals surface area contributed by atoms with Gasteiger partial charge in [0.1, 0.15) is 5.82 Å². The Morgan fingerprint density at radius 1 is 1.00 bits per heavy atom. The van der Waals surface area contributed by atoms with Crippen LogP contribution in [-0.2, 0) is 17.9 Å². The van der Waals surface area contributed by atoms with E-state index in [0.29, 0.717) is 30.3 Å². The zero-order valence-corrected chi connectivity index (χ0v) is 16.0. The highest BCUT2D eigenvalue weighted by Crippen LogP contribution is 2.38. The lowest BCUT2D eigenvalue weighted by Crippen LogP contribution is -2.34. The van der Waals surface area contributed by atoms with Crippen LogP contribution in [0, 0.1) is 5.82 Å². The Bertz CT molecular complexity index is 740. The molecule has 0 aliphatic rings. The molecule has 1 N–H and O–H groups in total. The lowest BCUT2D eigenvalue weighted by Gasteiger charge is -2.17. The average molecular weight is 376 g/mol. The molecule has 0 saturated carbocycles. The van der Waals surface area contributed by atoms with Gasteiger partial charge in [-0.2, -0.15) is 0 Å². The minimum Gasteiger partial charge on any atom is -0.493 e. The number of amides is 1. The number of hydrogen-bond acceptors (Lipinski definition) is 5. The van der Waals surface area contributed by atoms with E-state index >= 15 is 0 Å². The fourth-order valence-corrected chi connectivity index (χ4v) is 2.70. The number of ether oxygens (including phenoxy) is 3. The first-order chi connectivity index (χ1) is 13.0. The molecule has 27 heavy (non-hydrogen) atoms. The van der Waals surface area contributed by atoms with Crippen LogP contribution in [0.3, 0.4) is 0 Å². The van der Waals surface area contributed by atoms with Gasteiger partial charge in [-0.1, -0.05) is 12.1 Å². The van der Waals surface area contributed by atoms with Crippen molar-refractivity contribution in [3.63, 3.8) is 0 Å². The average Bonchev–Trinajstić information content (AvgIpc) is 2.67. The van der Waals surface area contributed by atoms with E-state index in [1.165, 1.54) is 12.1 Å². The fourth-order valence-electron chi connectivity index (χ4n) is 2.70. The van der Waals surface area contributed by atoms with Crippen molar-refractivity contribution in [1.29, 1.82) is 0 Å². The molecule has 0 aliphatic carbocycles. The van der Waals surface area contributed by atoms with E-state index in [1.807, 2.05) is 11.9 Å². The number of rotatable bonds is 9. The Kier molecular flexibility index (Phi) is 7.43. The van der Waals surface area contributed by atoms with Gasteiger partial charge in [-0.15, -0.1) is 0 Å². The van der Waals surface area contributed by atoms with Gasteiger partial charge in [-0.25, -0.2) is 4.39 Å². The summed E-state index contributed by atoms with van der Waals surface area (Å²) in [4.78, 5) is 14.1. The van der Waals surface area contributed by atoms with Crippen LogP contribution in [0.2, 0.25) is 0 Å². The Balaban J connectivity index is 1.91. The van der Waals surface area contributed by atoms with Crippen molar-refractivity contribution in [3.05, 3.63) is 53.3 Å². The molecular formula is C20H25FN2O4. The lowest BCUT2D eigenvalue weighted by atomic mass is 10.1. The van der Waals surface area contributed by atoms with Crippen LogP contribution in [0.1, 0.15) is 11.1 Å². The Hall–Kier alpha value is -2.80. The number of methoxy groups -OCH3 is 3. The van der Waals surface area contributed by atoms with Crippen molar-refractivity contribution in [2.24, 2.45) is 0 Å². The molecule has 0 bridgehead atoms. The van der Waals surface area contributed by atoms with E-state index in [2.05, 4.69) is 5.32 Å². The fraction of sp³-hybridized carbons (Fsp3) is 0.350. The molecule has 2 aromatic rings. The van der Waals surface area contributed by atoms with Gasteiger partial charge in [0.15, 0.2) is 11.5 Å². The van der Waals surface area contributed by atoms with Crippen LogP contribution in [0.25, 0.3) is 0 Å². The van der Waals surface area contributed by atoms with Crippen LogP contribution >= 0.6 is 0 Å². The maximum Gasteiger partial charge on any atom is 0.234 e. The molecule has 2 rings (SSSR count). The van der Waals surface area contributed by atoms with E-state index < -0.39 is 0 Å². The van der Waals surface area contributed by atoms with Gasteiger partial charge < -0.3 is 19.5 Å². The molecule has 1 amide bonds. The van der Waals surface area contributed by atoms with Crippen LogP contribution in [0.4, 0.5) is 4.39 Å². The lowest BCUT2D eigenvalue weighted by molar-refractivity contribution is -0.122. The van der Waals surface area contributed by atoms with E-state index in [9.17, 15) is 9.18 Å². The minimum atomic E-state index is -0.274. The summed E-state index contributed by atoms with van der Waals surface area (Å²) in [5, 5.41) is 2.87. The highest BCUT2D eigenvalue weighted by molar-refractivity contribution is 5.78. The van der Waals surface area contributed by atoms with Crippen molar-refractivity contribution in [1.82, 2.24) is 10.2 Å². The number of benzene rings is 2. The smallest absolute Gasteiger partial charge is 0.234 e. The SMILES string of the molecule is COc1cc(CNC(=O)CN(C)Cc2ccc(F)cc2)cc(OC)c1OC. The first-order valence-corrected chi connectivity index (χ1v) is 8.45. The third-order valence-electron chi connectivity index (χ3n) is 3.99. The van der Waals surface area contributed by atoms with Crippen LogP contribution in [0.5, 0.6) is 17.2 Å². The van der Waals surface area contributed by atoms with Gasteiger partial charge in [0, 0.05) is 13.1 Å². The highest BCUT2D eigenvalue weighted by Gasteiger charge is 2.14. The predicted molar refractivity (Wildman–Crippen MR) is 101 cm³/mol. The van der Waals surface area contributed by atoms with Gasteiger partial charge >= 0.3 is 0 Å². The van der Waals surface area contributed by atoms with Crippen molar-refractivity contribution >= 4 is 5.91 Å². The molecule has 0 aromatic heterocycles. The standard InChI is InChI=1S/C20H25FN2O4/c1-23(12-14-5-7-16(21)8-6-14)13-19(24)22-11-15-9-17(25-2)20(27-4)18(10-15)26-3/h5-10H,11-13H2,1-4H3,(H,22,24). The van der Waals surface area contributed by atoms with E-state index in [1.54, 1.807) is 45.6 Å². The highest BCUT2D eigenvalue weighted by atomic mass is 19.1. The molecular weight excluding hydrogens is 351 g/mol. The second kappa shape index (κ2) is 9.78. The third kappa shape index (κ3) is 5.86. The summed E-state index contributed by atoms with van der Waals surface area (Å²) in [6.45, 7) is 1.11. The molecule has 0 aliphatic heterocycles. The van der Waals surface area contributed by atoms with Gasteiger partial charge in [0.25, 0.3) is 0 Å². The third-order valence-corrected chi connectivity index (χ3v) is 3.99. The normalized spacial score (nSPS) is 10.6. The summed E-state index contributed by atoms with van der Waals surface area (Å²) in [7, 11) is 6.47.